The highest BCUT2D eigenvalue weighted by molar-refractivity contribution is 5.92. The standard InChI is InChI=1S/C12H18N4O2/c1-13-11-7-14-6-10(16-11)12(17)15-4-5-18-8-9-2-3-9/h6-7,9H,2-5,8H2,1H3,(H,13,16)(H,15,17). The fourth-order valence-corrected chi connectivity index (χ4v) is 1.46. The maximum atomic E-state index is 11.7. The summed E-state index contributed by atoms with van der Waals surface area (Å²) in [4.78, 5) is 19.8. The molecule has 1 aromatic rings. The first-order chi connectivity index (χ1) is 8.79. The Morgan fingerprint density at radius 3 is 3.06 bits per heavy atom. The van der Waals surface area contributed by atoms with Gasteiger partial charge in [0.2, 0.25) is 0 Å². The molecule has 18 heavy (non-hydrogen) atoms. The predicted molar refractivity (Wildman–Crippen MR) is 67.5 cm³/mol. The number of hydrogen-bond acceptors (Lipinski definition) is 5. The van der Waals surface area contributed by atoms with Crippen molar-refractivity contribution in [3.05, 3.63) is 18.1 Å². The molecule has 1 aliphatic rings. The Bertz CT molecular complexity index is 407. The molecule has 0 saturated heterocycles. The Morgan fingerprint density at radius 1 is 1.50 bits per heavy atom. The van der Waals surface area contributed by atoms with Crippen molar-refractivity contribution in [3.8, 4) is 0 Å². The van der Waals surface area contributed by atoms with Crippen LogP contribution < -0.4 is 10.6 Å². The van der Waals surface area contributed by atoms with Gasteiger partial charge in [0.1, 0.15) is 11.5 Å². The molecule has 0 spiro atoms. The number of aromatic nitrogens is 2. The van der Waals surface area contributed by atoms with Gasteiger partial charge in [-0.2, -0.15) is 0 Å². The van der Waals surface area contributed by atoms with Gasteiger partial charge in [0.05, 0.1) is 19.0 Å². The van der Waals surface area contributed by atoms with Crippen molar-refractivity contribution in [2.45, 2.75) is 12.8 Å². The van der Waals surface area contributed by atoms with E-state index in [0.29, 0.717) is 24.7 Å². The molecule has 2 N–H and O–H groups in total. The van der Waals surface area contributed by atoms with Crippen molar-refractivity contribution in [3.63, 3.8) is 0 Å². The van der Waals surface area contributed by atoms with Gasteiger partial charge < -0.3 is 15.4 Å². The number of rotatable bonds is 7. The molecular weight excluding hydrogens is 232 g/mol. The monoisotopic (exact) mass is 250 g/mol. The van der Waals surface area contributed by atoms with Crippen molar-refractivity contribution in [2.75, 3.05) is 32.1 Å². The minimum Gasteiger partial charge on any atom is -0.379 e. The molecule has 1 saturated carbocycles. The highest BCUT2D eigenvalue weighted by atomic mass is 16.5. The van der Waals surface area contributed by atoms with Crippen molar-refractivity contribution < 1.29 is 9.53 Å². The summed E-state index contributed by atoms with van der Waals surface area (Å²) in [7, 11) is 1.73. The van der Waals surface area contributed by atoms with E-state index in [-0.39, 0.29) is 5.91 Å². The summed E-state index contributed by atoms with van der Waals surface area (Å²) >= 11 is 0. The van der Waals surface area contributed by atoms with E-state index in [1.807, 2.05) is 0 Å². The second kappa shape index (κ2) is 6.30. The van der Waals surface area contributed by atoms with Crippen LogP contribution in [-0.4, -0.2) is 42.7 Å². The van der Waals surface area contributed by atoms with Gasteiger partial charge in [-0.25, -0.2) is 4.98 Å². The number of nitrogens with zero attached hydrogens (tertiary/aromatic N) is 2. The van der Waals surface area contributed by atoms with Gasteiger partial charge in [0.15, 0.2) is 0 Å². The smallest absolute Gasteiger partial charge is 0.271 e. The normalized spacial score (nSPS) is 14.3. The lowest BCUT2D eigenvalue weighted by Crippen LogP contribution is -2.28. The molecule has 98 valence electrons. The van der Waals surface area contributed by atoms with Crippen LogP contribution in [-0.2, 0) is 4.74 Å². The summed E-state index contributed by atoms with van der Waals surface area (Å²) in [6.07, 6.45) is 5.56. The summed E-state index contributed by atoms with van der Waals surface area (Å²) < 4.78 is 5.43. The summed E-state index contributed by atoms with van der Waals surface area (Å²) in [5, 5.41) is 5.59. The Hall–Kier alpha value is -1.69. The van der Waals surface area contributed by atoms with E-state index in [1.54, 1.807) is 13.2 Å². The Kier molecular flexibility index (Phi) is 4.46. The summed E-state index contributed by atoms with van der Waals surface area (Å²) in [5.74, 6) is 1.10. The van der Waals surface area contributed by atoms with Crippen LogP contribution in [0.1, 0.15) is 23.3 Å². The molecule has 1 fully saturated rings. The van der Waals surface area contributed by atoms with E-state index in [9.17, 15) is 4.79 Å². The molecule has 1 aliphatic carbocycles. The summed E-state index contributed by atoms with van der Waals surface area (Å²) in [6.45, 7) is 1.85. The van der Waals surface area contributed by atoms with Gasteiger partial charge in [-0.05, 0) is 18.8 Å². The van der Waals surface area contributed by atoms with Crippen LogP contribution in [0.5, 0.6) is 0 Å². The molecule has 0 bridgehead atoms. The first kappa shape index (κ1) is 12.8. The van der Waals surface area contributed by atoms with E-state index >= 15 is 0 Å². The lowest BCUT2D eigenvalue weighted by atomic mass is 10.4. The minimum absolute atomic E-state index is 0.227. The second-order valence-corrected chi connectivity index (χ2v) is 4.31. The van der Waals surface area contributed by atoms with Crippen molar-refractivity contribution in [1.29, 1.82) is 0 Å². The van der Waals surface area contributed by atoms with Gasteiger partial charge in [0.25, 0.3) is 5.91 Å². The highest BCUT2D eigenvalue weighted by Crippen LogP contribution is 2.28. The quantitative estimate of drug-likeness (QED) is 0.696. The Morgan fingerprint density at radius 2 is 2.33 bits per heavy atom. The van der Waals surface area contributed by atoms with Gasteiger partial charge in [-0.15, -0.1) is 0 Å². The number of amides is 1. The molecule has 2 rings (SSSR count). The maximum Gasteiger partial charge on any atom is 0.271 e. The highest BCUT2D eigenvalue weighted by Gasteiger charge is 2.20. The minimum atomic E-state index is -0.227. The number of ether oxygens (including phenoxy) is 1. The average molecular weight is 250 g/mol. The average Bonchev–Trinajstić information content (AvgIpc) is 3.22. The van der Waals surface area contributed by atoms with Crippen molar-refractivity contribution in [1.82, 2.24) is 15.3 Å². The fraction of sp³-hybridized carbons (Fsp3) is 0.583. The third-order valence-electron chi connectivity index (χ3n) is 2.71. The van der Waals surface area contributed by atoms with E-state index < -0.39 is 0 Å². The number of nitrogens with one attached hydrogen (secondary N) is 2. The van der Waals surface area contributed by atoms with Crippen LogP contribution in [0.15, 0.2) is 12.4 Å². The molecule has 0 radical (unpaired) electrons. The number of carbonyl (C=O) groups excluding carboxylic acids is 1. The topological polar surface area (TPSA) is 76.1 Å². The zero-order chi connectivity index (χ0) is 12.8. The number of anilines is 1. The van der Waals surface area contributed by atoms with E-state index in [2.05, 4.69) is 20.6 Å². The molecular formula is C12H18N4O2. The van der Waals surface area contributed by atoms with E-state index in [4.69, 9.17) is 4.74 Å². The first-order valence-electron chi connectivity index (χ1n) is 6.15. The molecule has 6 nitrogen and oxygen atoms in total. The van der Waals surface area contributed by atoms with Crippen LogP contribution >= 0.6 is 0 Å². The number of hydrogen-bond donors (Lipinski definition) is 2. The molecule has 0 atom stereocenters. The van der Waals surface area contributed by atoms with Gasteiger partial charge in [-0.1, -0.05) is 0 Å². The van der Waals surface area contributed by atoms with Crippen molar-refractivity contribution in [2.24, 2.45) is 5.92 Å². The predicted octanol–water partition coefficient (Wildman–Crippen LogP) is 0.675. The molecule has 1 amide bonds. The van der Waals surface area contributed by atoms with Gasteiger partial charge in [0, 0.05) is 20.2 Å². The van der Waals surface area contributed by atoms with Crippen LogP contribution in [0.2, 0.25) is 0 Å². The van der Waals surface area contributed by atoms with Crippen LogP contribution in [0, 0.1) is 5.92 Å². The molecule has 1 aromatic heterocycles. The molecule has 1 heterocycles. The fourth-order valence-electron chi connectivity index (χ4n) is 1.46. The zero-order valence-electron chi connectivity index (χ0n) is 10.5. The van der Waals surface area contributed by atoms with Crippen LogP contribution in [0.3, 0.4) is 0 Å². The zero-order valence-corrected chi connectivity index (χ0v) is 10.5. The largest absolute Gasteiger partial charge is 0.379 e. The molecule has 0 aliphatic heterocycles. The Labute approximate surface area is 106 Å². The summed E-state index contributed by atoms with van der Waals surface area (Å²) in [5.41, 5.74) is 0.309. The summed E-state index contributed by atoms with van der Waals surface area (Å²) in [6, 6.07) is 0. The molecule has 0 aromatic carbocycles. The Balaban J connectivity index is 1.69. The lowest BCUT2D eigenvalue weighted by Gasteiger charge is -2.06. The molecule has 0 unspecified atom stereocenters. The lowest BCUT2D eigenvalue weighted by molar-refractivity contribution is 0.0901. The second-order valence-electron chi connectivity index (χ2n) is 4.31. The maximum absolute atomic E-state index is 11.7. The van der Waals surface area contributed by atoms with Gasteiger partial charge in [-0.3, -0.25) is 9.78 Å². The van der Waals surface area contributed by atoms with Crippen molar-refractivity contribution >= 4 is 11.7 Å². The first-order valence-corrected chi connectivity index (χ1v) is 6.15. The third kappa shape index (κ3) is 3.96. The third-order valence-corrected chi connectivity index (χ3v) is 2.71. The SMILES string of the molecule is CNc1cncc(C(=O)NCCOCC2CC2)n1. The van der Waals surface area contributed by atoms with E-state index in [0.717, 1.165) is 12.5 Å². The van der Waals surface area contributed by atoms with E-state index in [1.165, 1.54) is 19.0 Å². The number of carbonyl (C=O) groups is 1. The van der Waals surface area contributed by atoms with Gasteiger partial charge >= 0.3 is 0 Å². The van der Waals surface area contributed by atoms with Crippen LogP contribution in [0.25, 0.3) is 0 Å². The molecule has 6 heteroatoms. The van der Waals surface area contributed by atoms with Crippen LogP contribution in [0.4, 0.5) is 5.82 Å².